The summed E-state index contributed by atoms with van der Waals surface area (Å²) in [7, 11) is 0. The first-order valence-electron chi connectivity index (χ1n) is 6.25. The van der Waals surface area contributed by atoms with E-state index in [0.29, 0.717) is 11.3 Å². The molecule has 5 nitrogen and oxygen atoms in total. The molecule has 1 amide bonds. The third-order valence-corrected chi connectivity index (χ3v) is 2.56. The average molecular weight is 284 g/mol. The first kappa shape index (κ1) is 16.4. The van der Waals surface area contributed by atoms with Crippen molar-refractivity contribution >= 4 is 11.8 Å². The summed E-state index contributed by atoms with van der Waals surface area (Å²) < 4.78 is 18.5. The lowest BCUT2D eigenvalue weighted by Gasteiger charge is -2.26. The summed E-state index contributed by atoms with van der Waals surface area (Å²) in [5.74, 6) is -0.500. The van der Waals surface area contributed by atoms with Crippen molar-refractivity contribution in [2.45, 2.75) is 38.8 Å². The summed E-state index contributed by atoms with van der Waals surface area (Å²) in [6.45, 7) is 6.36. The molecule has 0 heterocycles. The van der Waals surface area contributed by atoms with Crippen molar-refractivity contribution in [2.24, 2.45) is 5.73 Å². The number of carbonyl (C=O) groups excluding carboxylic acids is 1. The van der Waals surface area contributed by atoms with E-state index in [2.05, 4.69) is 5.32 Å². The molecule has 0 saturated carbocycles. The van der Waals surface area contributed by atoms with Crippen LogP contribution in [0.1, 0.15) is 33.3 Å². The first-order valence-corrected chi connectivity index (χ1v) is 6.25. The Morgan fingerprint density at radius 1 is 1.40 bits per heavy atom. The van der Waals surface area contributed by atoms with E-state index in [1.165, 1.54) is 18.2 Å². The van der Waals surface area contributed by atoms with E-state index in [1.54, 1.807) is 27.7 Å². The fraction of sp³-hybridized carbons (Fsp3) is 0.500. The van der Waals surface area contributed by atoms with E-state index in [1.807, 2.05) is 0 Å². The molecule has 0 aliphatic carbocycles. The predicted octanol–water partition coefficient (Wildman–Crippen LogP) is 2.34. The molecule has 112 valence electrons. The van der Waals surface area contributed by atoms with Gasteiger partial charge < -0.3 is 15.6 Å². The van der Waals surface area contributed by atoms with Gasteiger partial charge in [0.1, 0.15) is 11.4 Å². The molecule has 1 unspecified atom stereocenters. The standard InChI is InChI=1S/C14H21FN2O3/c1-13(2,3)20-12(19)17-11-6-5-9(15)7-10(11)14(4,16)8-18/h5-7,18H,8,16H2,1-4H3,(H,17,19). The number of halogens is 1. The molecule has 0 aliphatic heterocycles. The molecule has 0 aliphatic rings. The van der Waals surface area contributed by atoms with E-state index < -0.39 is 23.1 Å². The number of benzene rings is 1. The minimum absolute atomic E-state index is 0.297. The Morgan fingerprint density at radius 2 is 2.00 bits per heavy atom. The molecular weight excluding hydrogens is 263 g/mol. The smallest absolute Gasteiger partial charge is 0.412 e. The van der Waals surface area contributed by atoms with Crippen LogP contribution in [0.15, 0.2) is 18.2 Å². The number of carbonyl (C=O) groups is 1. The number of nitrogens with two attached hydrogens (primary N) is 1. The van der Waals surface area contributed by atoms with Gasteiger partial charge >= 0.3 is 6.09 Å². The van der Waals surface area contributed by atoms with Gasteiger partial charge in [0, 0.05) is 11.3 Å². The van der Waals surface area contributed by atoms with Crippen LogP contribution in [-0.2, 0) is 10.3 Å². The number of aliphatic hydroxyl groups excluding tert-OH is 1. The SMILES string of the molecule is CC(C)(C)OC(=O)Nc1ccc(F)cc1C(C)(N)CO. The molecule has 1 aromatic rings. The Labute approximate surface area is 117 Å². The topological polar surface area (TPSA) is 84.6 Å². The highest BCUT2D eigenvalue weighted by atomic mass is 19.1. The van der Waals surface area contributed by atoms with Crippen molar-refractivity contribution in [2.75, 3.05) is 11.9 Å². The van der Waals surface area contributed by atoms with Crippen LogP contribution in [-0.4, -0.2) is 23.4 Å². The zero-order chi connectivity index (χ0) is 15.6. The minimum Gasteiger partial charge on any atom is -0.444 e. The third-order valence-electron chi connectivity index (χ3n) is 2.56. The van der Waals surface area contributed by atoms with E-state index in [0.717, 1.165) is 0 Å². The predicted molar refractivity (Wildman–Crippen MR) is 74.9 cm³/mol. The molecule has 1 aromatic carbocycles. The van der Waals surface area contributed by atoms with Crippen molar-refractivity contribution < 1.29 is 19.0 Å². The van der Waals surface area contributed by atoms with Gasteiger partial charge in [0.25, 0.3) is 0 Å². The Kier molecular flexibility index (Phi) is 4.73. The van der Waals surface area contributed by atoms with Gasteiger partial charge in [-0.25, -0.2) is 9.18 Å². The fourth-order valence-electron chi connectivity index (χ4n) is 1.60. The van der Waals surface area contributed by atoms with Gasteiger partial charge in [-0.15, -0.1) is 0 Å². The van der Waals surface area contributed by atoms with Crippen LogP contribution in [0.5, 0.6) is 0 Å². The monoisotopic (exact) mass is 284 g/mol. The van der Waals surface area contributed by atoms with E-state index in [-0.39, 0.29) is 6.61 Å². The highest BCUT2D eigenvalue weighted by molar-refractivity contribution is 5.86. The molecular formula is C14H21FN2O3. The van der Waals surface area contributed by atoms with Crippen molar-refractivity contribution in [3.8, 4) is 0 Å². The maximum Gasteiger partial charge on any atom is 0.412 e. The van der Waals surface area contributed by atoms with Gasteiger partial charge in [0.05, 0.1) is 12.1 Å². The molecule has 0 saturated heterocycles. The summed E-state index contributed by atoms with van der Waals surface area (Å²) in [5, 5.41) is 11.8. The van der Waals surface area contributed by atoms with Crippen LogP contribution in [0.4, 0.5) is 14.9 Å². The zero-order valence-corrected chi connectivity index (χ0v) is 12.2. The first-order chi connectivity index (χ1) is 9.05. The highest BCUT2D eigenvalue weighted by Crippen LogP contribution is 2.27. The molecule has 0 radical (unpaired) electrons. The van der Waals surface area contributed by atoms with Crippen LogP contribution in [0.3, 0.4) is 0 Å². The van der Waals surface area contributed by atoms with Crippen molar-refractivity contribution in [3.05, 3.63) is 29.6 Å². The molecule has 6 heteroatoms. The number of anilines is 1. The van der Waals surface area contributed by atoms with Crippen molar-refractivity contribution in [3.63, 3.8) is 0 Å². The lowest BCUT2D eigenvalue weighted by molar-refractivity contribution is 0.0635. The van der Waals surface area contributed by atoms with Gasteiger partial charge in [0.15, 0.2) is 0 Å². The lowest BCUT2D eigenvalue weighted by Crippen LogP contribution is -2.38. The molecule has 0 aromatic heterocycles. The van der Waals surface area contributed by atoms with E-state index in [9.17, 15) is 14.3 Å². The average Bonchev–Trinajstić information content (AvgIpc) is 2.29. The molecule has 0 fully saturated rings. The summed E-state index contributed by atoms with van der Waals surface area (Å²) in [6.07, 6.45) is -0.668. The zero-order valence-electron chi connectivity index (χ0n) is 12.2. The lowest BCUT2D eigenvalue weighted by atomic mass is 9.92. The molecule has 1 rings (SSSR count). The second kappa shape index (κ2) is 5.76. The van der Waals surface area contributed by atoms with Gasteiger partial charge in [0.2, 0.25) is 0 Å². The molecule has 1 atom stereocenters. The Bertz CT molecular complexity index is 496. The molecule has 0 spiro atoms. The van der Waals surface area contributed by atoms with Crippen LogP contribution in [0.25, 0.3) is 0 Å². The maximum atomic E-state index is 13.3. The number of hydrogen-bond acceptors (Lipinski definition) is 4. The highest BCUT2D eigenvalue weighted by Gasteiger charge is 2.26. The quantitative estimate of drug-likeness (QED) is 0.795. The Morgan fingerprint density at radius 3 is 2.50 bits per heavy atom. The van der Waals surface area contributed by atoms with Crippen LogP contribution in [0, 0.1) is 5.82 Å². The number of ether oxygens (including phenoxy) is 1. The molecule has 4 N–H and O–H groups in total. The number of nitrogens with one attached hydrogen (secondary N) is 1. The summed E-state index contributed by atoms with van der Waals surface area (Å²) in [5.41, 5.74) is 4.68. The second-order valence-electron chi connectivity index (χ2n) is 5.89. The van der Waals surface area contributed by atoms with Gasteiger partial charge in [-0.05, 0) is 45.9 Å². The molecule has 20 heavy (non-hydrogen) atoms. The van der Waals surface area contributed by atoms with Crippen molar-refractivity contribution in [1.29, 1.82) is 0 Å². The fourth-order valence-corrected chi connectivity index (χ4v) is 1.60. The van der Waals surface area contributed by atoms with Crippen LogP contribution < -0.4 is 11.1 Å². The number of hydrogen-bond donors (Lipinski definition) is 3. The van der Waals surface area contributed by atoms with Crippen LogP contribution in [0.2, 0.25) is 0 Å². The molecule has 0 bridgehead atoms. The third kappa shape index (κ3) is 4.47. The number of rotatable bonds is 3. The number of amides is 1. The summed E-state index contributed by atoms with van der Waals surface area (Å²) >= 11 is 0. The van der Waals surface area contributed by atoms with Crippen LogP contribution >= 0.6 is 0 Å². The van der Waals surface area contributed by atoms with Gasteiger partial charge in [-0.2, -0.15) is 0 Å². The summed E-state index contributed by atoms with van der Waals surface area (Å²) in [4.78, 5) is 11.8. The Balaban J connectivity index is 3.04. The number of aliphatic hydroxyl groups is 1. The Hall–Kier alpha value is -1.66. The van der Waals surface area contributed by atoms with E-state index in [4.69, 9.17) is 10.5 Å². The van der Waals surface area contributed by atoms with Gasteiger partial charge in [-0.1, -0.05) is 0 Å². The summed E-state index contributed by atoms with van der Waals surface area (Å²) in [6, 6.07) is 3.77. The van der Waals surface area contributed by atoms with Gasteiger partial charge in [-0.3, -0.25) is 5.32 Å². The largest absolute Gasteiger partial charge is 0.444 e. The van der Waals surface area contributed by atoms with Crippen molar-refractivity contribution in [1.82, 2.24) is 0 Å². The minimum atomic E-state index is -1.17. The normalized spacial score (nSPS) is 14.6. The maximum absolute atomic E-state index is 13.3. The second-order valence-corrected chi connectivity index (χ2v) is 5.89. The van der Waals surface area contributed by atoms with E-state index >= 15 is 0 Å².